The molecule has 0 saturated heterocycles. The Bertz CT molecular complexity index is 2430. The van der Waals surface area contributed by atoms with E-state index < -0.39 is 5.41 Å². The van der Waals surface area contributed by atoms with Crippen molar-refractivity contribution in [2.24, 2.45) is 0 Å². The van der Waals surface area contributed by atoms with E-state index in [1.54, 1.807) is 5.56 Å². The lowest BCUT2D eigenvalue weighted by Gasteiger charge is -2.50. The first-order valence-electron chi connectivity index (χ1n) is 23.9. The van der Waals surface area contributed by atoms with E-state index in [1.165, 1.54) is 135 Å². The van der Waals surface area contributed by atoms with Crippen LogP contribution in [0.4, 0.5) is 0 Å². The molecule has 2 unspecified atom stereocenters. The van der Waals surface area contributed by atoms with Gasteiger partial charge < -0.3 is 4.48 Å². The molecule has 0 spiro atoms. The summed E-state index contributed by atoms with van der Waals surface area (Å²) in [6, 6.07) is 65.8. The van der Waals surface area contributed by atoms with Gasteiger partial charge in [0.05, 0.1) is 25.7 Å². The van der Waals surface area contributed by atoms with Gasteiger partial charge >= 0.3 is 0 Å². The lowest BCUT2D eigenvalue weighted by atomic mass is 9.62. The topological polar surface area (TPSA) is 0 Å². The van der Waals surface area contributed by atoms with Crippen LogP contribution in [0.5, 0.6) is 0 Å². The van der Waals surface area contributed by atoms with Crippen molar-refractivity contribution in [1.82, 2.24) is 0 Å². The van der Waals surface area contributed by atoms with Crippen LogP contribution in [-0.4, -0.2) is 30.2 Å². The molecule has 0 bridgehead atoms. The van der Waals surface area contributed by atoms with Crippen molar-refractivity contribution >= 4 is 43.1 Å². The average Bonchev–Trinajstić information content (AvgIpc) is 3.32. The Morgan fingerprint density at radius 1 is 0.377 bits per heavy atom. The standard InChI is InChI=1S/C60H68N/c1-5-9-43-61(44-10-6-2,45-11-7-3)59(24-8-4)55(54-37-20-29-46-25-12-16-33-50(46)54)41-42-60(56-38-21-30-47-26-13-17-34-51(47)56,57-39-22-31-48-27-14-18-35-52(48)57)58-40-23-32-49-28-15-19-36-53(49)58/h12-23,25-40,55,59H,5-11,24,41-45H2,1-4H3/q+1. The summed E-state index contributed by atoms with van der Waals surface area (Å²) in [4.78, 5) is 0. The predicted molar refractivity (Wildman–Crippen MR) is 266 cm³/mol. The SMILES string of the molecule is CCCC[N+](CCCC)(CCCC)C(CCC)C(CCC(c1cccc2ccccc12)(c1cccc2ccccc12)c1cccc2ccccc12)c1cccc2ccccc12. The zero-order valence-electron chi connectivity index (χ0n) is 37.5. The molecule has 0 radical (unpaired) electrons. The van der Waals surface area contributed by atoms with Crippen LogP contribution in [-0.2, 0) is 5.41 Å². The lowest BCUT2D eigenvalue weighted by Crippen LogP contribution is -2.59. The minimum Gasteiger partial charge on any atom is -0.321 e. The van der Waals surface area contributed by atoms with Gasteiger partial charge in [0.2, 0.25) is 0 Å². The zero-order valence-corrected chi connectivity index (χ0v) is 37.5. The highest BCUT2D eigenvalue weighted by molar-refractivity contribution is 5.96. The van der Waals surface area contributed by atoms with Crippen LogP contribution >= 0.6 is 0 Å². The fraction of sp³-hybridized carbons (Fsp3) is 0.333. The molecule has 0 fully saturated rings. The van der Waals surface area contributed by atoms with Crippen molar-refractivity contribution in [3.8, 4) is 0 Å². The Labute approximate surface area is 367 Å². The molecule has 0 saturated carbocycles. The second-order valence-corrected chi connectivity index (χ2v) is 18.0. The number of nitrogens with zero attached hydrogens (tertiary/aromatic N) is 1. The molecule has 2 atom stereocenters. The van der Waals surface area contributed by atoms with Crippen molar-refractivity contribution < 1.29 is 4.48 Å². The molecule has 61 heavy (non-hydrogen) atoms. The van der Waals surface area contributed by atoms with Crippen molar-refractivity contribution in [1.29, 1.82) is 0 Å². The van der Waals surface area contributed by atoms with Crippen LogP contribution in [0.15, 0.2) is 170 Å². The van der Waals surface area contributed by atoms with Crippen LogP contribution in [0, 0.1) is 0 Å². The molecule has 0 aromatic heterocycles. The summed E-state index contributed by atoms with van der Waals surface area (Å²) in [5.41, 5.74) is 5.31. The van der Waals surface area contributed by atoms with Crippen LogP contribution in [0.3, 0.4) is 0 Å². The second kappa shape index (κ2) is 19.6. The fourth-order valence-electron chi connectivity index (χ4n) is 11.5. The quantitative estimate of drug-likeness (QED) is 0.0532. The molecular formula is C60H68N+. The minimum atomic E-state index is -0.464. The maximum absolute atomic E-state index is 2.53. The first kappa shape index (κ1) is 42.5. The third-order valence-corrected chi connectivity index (χ3v) is 14.4. The van der Waals surface area contributed by atoms with Crippen LogP contribution in [0.25, 0.3) is 43.1 Å². The van der Waals surface area contributed by atoms with Crippen molar-refractivity contribution in [3.05, 3.63) is 192 Å². The Morgan fingerprint density at radius 3 is 1.15 bits per heavy atom. The molecule has 8 rings (SSSR count). The largest absolute Gasteiger partial charge is 0.321 e. The molecule has 0 aliphatic heterocycles. The summed E-state index contributed by atoms with van der Waals surface area (Å²) in [6.45, 7) is 13.5. The maximum atomic E-state index is 2.53. The number of hydrogen-bond donors (Lipinski definition) is 0. The predicted octanol–water partition coefficient (Wildman–Crippen LogP) is 16.6. The molecule has 8 aromatic carbocycles. The van der Waals surface area contributed by atoms with E-state index in [4.69, 9.17) is 0 Å². The number of unbranched alkanes of at least 4 members (excludes halogenated alkanes) is 3. The molecule has 0 N–H and O–H groups in total. The normalized spacial score (nSPS) is 13.3. The molecule has 1 heteroatoms. The number of quaternary nitrogens is 1. The Balaban J connectivity index is 1.46. The fourth-order valence-corrected chi connectivity index (χ4v) is 11.5. The van der Waals surface area contributed by atoms with Gasteiger partial charge in [-0.25, -0.2) is 0 Å². The van der Waals surface area contributed by atoms with E-state index in [1.807, 2.05) is 0 Å². The minimum absolute atomic E-state index is 0.357. The van der Waals surface area contributed by atoms with E-state index >= 15 is 0 Å². The summed E-state index contributed by atoms with van der Waals surface area (Å²) in [5.74, 6) is 0.357. The highest BCUT2D eigenvalue weighted by Crippen LogP contribution is 2.52. The second-order valence-electron chi connectivity index (χ2n) is 18.0. The molecule has 0 aliphatic carbocycles. The van der Waals surface area contributed by atoms with E-state index in [-0.39, 0.29) is 0 Å². The monoisotopic (exact) mass is 803 g/mol. The third kappa shape index (κ3) is 8.39. The number of fused-ring (bicyclic) bond motifs is 4. The Hall–Kier alpha value is -5.24. The van der Waals surface area contributed by atoms with E-state index in [9.17, 15) is 0 Å². The van der Waals surface area contributed by atoms with Gasteiger partial charge in [0, 0.05) is 11.3 Å². The summed E-state index contributed by atoms with van der Waals surface area (Å²) >= 11 is 0. The lowest BCUT2D eigenvalue weighted by molar-refractivity contribution is -0.954. The first-order chi connectivity index (χ1) is 30.1. The van der Waals surface area contributed by atoms with Crippen LogP contribution in [0.2, 0.25) is 0 Å². The van der Waals surface area contributed by atoms with Gasteiger partial charge in [-0.1, -0.05) is 223 Å². The van der Waals surface area contributed by atoms with Crippen molar-refractivity contribution in [2.45, 2.75) is 109 Å². The molecule has 8 aromatic rings. The summed E-state index contributed by atoms with van der Waals surface area (Å²) in [5, 5.41) is 10.7. The van der Waals surface area contributed by atoms with Gasteiger partial charge in [-0.15, -0.1) is 0 Å². The van der Waals surface area contributed by atoms with Gasteiger partial charge in [0.25, 0.3) is 0 Å². The maximum Gasteiger partial charge on any atom is 0.0959 e. The van der Waals surface area contributed by atoms with Gasteiger partial charge in [0.15, 0.2) is 0 Å². The summed E-state index contributed by atoms with van der Waals surface area (Å²) in [6.07, 6.45) is 12.0. The van der Waals surface area contributed by atoms with Gasteiger partial charge in [-0.05, 0) is 104 Å². The van der Waals surface area contributed by atoms with E-state index in [0.29, 0.717) is 12.0 Å². The smallest absolute Gasteiger partial charge is 0.0959 e. The number of hydrogen-bond acceptors (Lipinski definition) is 0. The summed E-state index contributed by atoms with van der Waals surface area (Å²) < 4.78 is 1.24. The number of benzene rings is 8. The van der Waals surface area contributed by atoms with Crippen molar-refractivity contribution in [3.63, 3.8) is 0 Å². The average molecular weight is 803 g/mol. The first-order valence-corrected chi connectivity index (χ1v) is 23.9. The Kier molecular flexibility index (Phi) is 13.7. The zero-order chi connectivity index (χ0) is 42.1. The Morgan fingerprint density at radius 2 is 0.738 bits per heavy atom. The van der Waals surface area contributed by atoms with Gasteiger partial charge in [-0.2, -0.15) is 0 Å². The van der Waals surface area contributed by atoms with E-state index in [2.05, 4.69) is 198 Å². The van der Waals surface area contributed by atoms with E-state index in [0.717, 1.165) is 12.8 Å². The molecule has 1 nitrogen and oxygen atoms in total. The molecule has 0 amide bonds. The molecule has 0 heterocycles. The molecule has 312 valence electrons. The van der Waals surface area contributed by atoms with Crippen molar-refractivity contribution in [2.75, 3.05) is 19.6 Å². The van der Waals surface area contributed by atoms with Crippen LogP contribution in [0.1, 0.15) is 120 Å². The third-order valence-electron chi connectivity index (χ3n) is 14.4. The summed E-state index contributed by atoms with van der Waals surface area (Å²) in [7, 11) is 0. The highest BCUT2D eigenvalue weighted by Gasteiger charge is 2.45. The molecule has 0 aliphatic rings. The van der Waals surface area contributed by atoms with Gasteiger partial charge in [0.1, 0.15) is 0 Å². The molecular weight excluding hydrogens is 735 g/mol. The van der Waals surface area contributed by atoms with Gasteiger partial charge in [-0.3, -0.25) is 0 Å². The van der Waals surface area contributed by atoms with Crippen LogP contribution < -0.4 is 0 Å². The highest BCUT2D eigenvalue weighted by atomic mass is 15.4. The number of rotatable bonds is 20.